The largest absolute Gasteiger partial charge is 0.508 e. The Hall–Kier alpha value is -4.38. The fourth-order valence-corrected chi connectivity index (χ4v) is 3.75. The first-order chi connectivity index (χ1) is 16.2. The van der Waals surface area contributed by atoms with Gasteiger partial charge in [-0.1, -0.05) is 12.1 Å². The molecule has 0 bridgehead atoms. The van der Waals surface area contributed by atoms with Crippen molar-refractivity contribution in [3.8, 4) is 23.1 Å². The summed E-state index contributed by atoms with van der Waals surface area (Å²) in [5.74, 6) is 5.15. The highest BCUT2D eigenvalue weighted by Gasteiger charge is 2.22. The first kappa shape index (κ1) is 22.8. The van der Waals surface area contributed by atoms with Crippen LogP contribution in [0.15, 0.2) is 51.4 Å². The van der Waals surface area contributed by atoms with Crippen LogP contribution in [0.3, 0.4) is 0 Å². The van der Waals surface area contributed by atoms with Gasteiger partial charge in [-0.05, 0) is 30.5 Å². The lowest BCUT2D eigenvalue weighted by Crippen LogP contribution is -2.23. The summed E-state index contributed by atoms with van der Waals surface area (Å²) in [6.45, 7) is 1.80. The zero-order chi connectivity index (χ0) is 24.6. The number of aromatic nitrogens is 2. The van der Waals surface area contributed by atoms with Crippen molar-refractivity contribution in [1.82, 2.24) is 15.0 Å². The van der Waals surface area contributed by atoms with E-state index in [4.69, 9.17) is 20.7 Å². The van der Waals surface area contributed by atoms with Crippen molar-refractivity contribution < 1.29 is 18.7 Å². The highest BCUT2D eigenvalue weighted by molar-refractivity contribution is 6.00. The van der Waals surface area contributed by atoms with Crippen molar-refractivity contribution in [2.75, 3.05) is 26.0 Å². The number of hydrogen-bond donors (Lipinski definition) is 4. The maximum Gasteiger partial charge on any atom is 0.349 e. The summed E-state index contributed by atoms with van der Waals surface area (Å²) in [5, 5.41) is 15.2. The van der Waals surface area contributed by atoms with E-state index in [9.17, 15) is 14.3 Å². The Balaban J connectivity index is 1.96. The van der Waals surface area contributed by atoms with Gasteiger partial charge < -0.3 is 30.3 Å². The van der Waals surface area contributed by atoms with Crippen molar-refractivity contribution in [3.05, 3.63) is 64.0 Å². The van der Waals surface area contributed by atoms with Crippen LogP contribution in [0.2, 0.25) is 0 Å². The molecule has 2 heterocycles. The predicted octanol–water partition coefficient (Wildman–Crippen LogP) is 2.58. The summed E-state index contributed by atoms with van der Waals surface area (Å²) >= 11 is 0. The number of phenolic OH excluding ortho intramolecular Hbond substituents is 1. The van der Waals surface area contributed by atoms with E-state index in [0.29, 0.717) is 16.6 Å². The van der Waals surface area contributed by atoms with Gasteiger partial charge in [0.25, 0.3) is 0 Å². The molecule has 6 N–H and O–H groups in total. The number of aromatic hydroxyl groups is 1. The standard InChI is InChI=1S/C23H23FN6O4/c1-11-19-18(21(29-23(28-19)33-3)27-9-13(25)10-30(2)26)22(32)34-20(11)15-8-14(31)7-12-5-4-6-16(24)17(12)15/h4-8,10,31H,9,25-26H2,1-3H3,(H,27,28,29)/b13-10-. The number of nitrogens with one attached hydrogen (secondary N) is 1. The Kier molecular flexibility index (Phi) is 5.95. The molecule has 0 spiro atoms. The molecule has 0 aliphatic heterocycles. The second-order valence-electron chi connectivity index (χ2n) is 7.68. The minimum atomic E-state index is -0.757. The minimum absolute atomic E-state index is 0.0000847. The minimum Gasteiger partial charge on any atom is -0.508 e. The van der Waals surface area contributed by atoms with Gasteiger partial charge in [0.15, 0.2) is 0 Å². The number of fused-ring (bicyclic) bond motifs is 2. The number of nitrogens with zero attached hydrogens (tertiary/aromatic N) is 3. The average molecular weight is 466 g/mol. The number of methoxy groups -OCH3 is 1. The quantitative estimate of drug-likeness (QED) is 0.246. The van der Waals surface area contributed by atoms with Gasteiger partial charge in [-0.15, -0.1) is 0 Å². The Morgan fingerprint density at radius 3 is 2.79 bits per heavy atom. The number of hydrogen-bond acceptors (Lipinski definition) is 10. The van der Waals surface area contributed by atoms with E-state index in [2.05, 4.69) is 15.3 Å². The molecule has 2 aromatic carbocycles. The summed E-state index contributed by atoms with van der Waals surface area (Å²) < 4.78 is 25.6. The van der Waals surface area contributed by atoms with E-state index in [1.54, 1.807) is 20.0 Å². The van der Waals surface area contributed by atoms with Crippen LogP contribution in [-0.4, -0.2) is 40.8 Å². The number of anilines is 1. The second-order valence-corrected chi connectivity index (χ2v) is 7.68. The van der Waals surface area contributed by atoms with Gasteiger partial charge in [0.1, 0.15) is 28.5 Å². The van der Waals surface area contributed by atoms with E-state index in [1.807, 2.05) is 0 Å². The van der Waals surface area contributed by atoms with Crippen molar-refractivity contribution in [2.24, 2.45) is 11.6 Å². The molecule has 0 saturated heterocycles. The van der Waals surface area contributed by atoms with Crippen LogP contribution in [0.1, 0.15) is 5.56 Å². The molecule has 11 heteroatoms. The van der Waals surface area contributed by atoms with Crippen LogP contribution in [-0.2, 0) is 0 Å². The van der Waals surface area contributed by atoms with Crippen LogP contribution in [0.25, 0.3) is 33.0 Å². The van der Waals surface area contributed by atoms with Crippen LogP contribution in [0, 0.1) is 12.7 Å². The lowest BCUT2D eigenvalue weighted by molar-refractivity contribution is 0.382. The summed E-state index contributed by atoms with van der Waals surface area (Å²) in [7, 11) is 3.01. The molecule has 0 radical (unpaired) electrons. The number of nitrogens with two attached hydrogens (primary N) is 2. The van der Waals surface area contributed by atoms with Crippen molar-refractivity contribution in [1.29, 1.82) is 0 Å². The Labute approximate surface area is 193 Å². The molecule has 0 fully saturated rings. The van der Waals surface area contributed by atoms with Gasteiger partial charge in [-0.25, -0.2) is 15.0 Å². The third-order valence-electron chi connectivity index (χ3n) is 5.15. The zero-order valence-corrected chi connectivity index (χ0v) is 18.7. The molecule has 0 atom stereocenters. The fourth-order valence-electron chi connectivity index (χ4n) is 3.75. The molecule has 0 amide bonds. The number of benzene rings is 2. The summed E-state index contributed by atoms with van der Waals surface area (Å²) in [4.78, 5) is 21.7. The van der Waals surface area contributed by atoms with Gasteiger partial charge in [0.2, 0.25) is 0 Å². The molecule has 0 aliphatic carbocycles. The number of phenols is 1. The van der Waals surface area contributed by atoms with Crippen LogP contribution < -0.4 is 27.3 Å². The van der Waals surface area contributed by atoms with E-state index in [-0.39, 0.29) is 51.7 Å². The molecular weight excluding hydrogens is 443 g/mol. The van der Waals surface area contributed by atoms with E-state index in [0.717, 1.165) is 0 Å². The lowest BCUT2D eigenvalue weighted by Gasteiger charge is -2.14. The summed E-state index contributed by atoms with van der Waals surface area (Å²) in [6, 6.07) is 7.25. The number of hydrazine groups is 1. The van der Waals surface area contributed by atoms with Gasteiger partial charge in [0, 0.05) is 35.5 Å². The number of aryl methyl sites for hydroxylation is 1. The normalized spacial score (nSPS) is 11.7. The van der Waals surface area contributed by atoms with E-state index < -0.39 is 11.4 Å². The molecule has 0 saturated carbocycles. The number of rotatable bonds is 6. The van der Waals surface area contributed by atoms with Crippen molar-refractivity contribution in [2.45, 2.75) is 6.92 Å². The van der Waals surface area contributed by atoms with Gasteiger partial charge in [0.05, 0.1) is 19.2 Å². The Morgan fingerprint density at radius 2 is 2.09 bits per heavy atom. The molecule has 2 aromatic heterocycles. The average Bonchev–Trinajstić information content (AvgIpc) is 2.78. The van der Waals surface area contributed by atoms with E-state index >= 15 is 0 Å². The first-order valence-corrected chi connectivity index (χ1v) is 10.2. The lowest BCUT2D eigenvalue weighted by atomic mass is 9.98. The van der Waals surface area contributed by atoms with Gasteiger partial charge in [-0.3, -0.25) is 0 Å². The topological polar surface area (TPSA) is 153 Å². The maximum absolute atomic E-state index is 14.8. The van der Waals surface area contributed by atoms with Crippen LogP contribution in [0.5, 0.6) is 11.8 Å². The summed E-state index contributed by atoms with van der Waals surface area (Å²) in [5.41, 5.74) is 6.44. The number of ether oxygens (including phenoxy) is 1. The molecular formula is C23H23FN6O4. The number of halogens is 1. The SMILES string of the molecule is COc1nc(NC/C(N)=C/N(C)N)c2c(=O)oc(-c3cc(O)cc4cccc(F)c34)c(C)c2n1. The Morgan fingerprint density at radius 1 is 1.32 bits per heavy atom. The Bertz CT molecular complexity index is 1500. The van der Waals surface area contributed by atoms with E-state index in [1.165, 1.54) is 42.6 Å². The fraction of sp³-hybridized carbons (Fsp3) is 0.174. The van der Waals surface area contributed by atoms with Crippen LogP contribution in [0.4, 0.5) is 10.2 Å². The van der Waals surface area contributed by atoms with Gasteiger partial charge >= 0.3 is 11.6 Å². The molecule has 0 unspecified atom stereocenters. The smallest absolute Gasteiger partial charge is 0.349 e. The molecule has 4 aromatic rings. The monoisotopic (exact) mass is 466 g/mol. The first-order valence-electron chi connectivity index (χ1n) is 10.2. The van der Waals surface area contributed by atoms with Crippen molar-refractivity contribution >= 4 is 27.5 Å². The summed E-state index contributed by atoms with van der Waals surface area (Å²) in [6.07, 6.45) is 1.50. The highest BCUT2D eigenvalue weighted by atomic mass is 19.1. The van der Waals surface area contributed by atoms with Crippen LogP contribution >= 0.6 is 0 Å². The molecule has 34 heavy (non-hydrogen) atoms. The third-order valence-corrected chi connectivity index (χ3v) is 5.15. The molecule has 10 nitrogen and oxygen atoms in total. The maximum atomic E-state index is 14.8. The molecule has 0 aliphatic rings. The molecule has 4 rings (SSSR count). The predicted molar refractivity (Wildman–Crippen MR) is 127 cm³/mol. The van der Waals surface area contributed by atoms with Crippen molar-refractivity contribution in [3.63, 3.8) is 0 Å². The van der Waals surface area contributed by atoms with Gasteiger partial charge in [-0.2, -0.15) is 9.97 Å². The third kappa shape index (κ3) is 4.16. The molecule has 176 valence electrons. The second kappa shape index (κ2) is 8.87. The zero-order valence-electron chi connectivity index (χ0n) is 18.7. The highest BCUT2D eigenvalue weighted by Crippen LogP contribution is 2.37.